The minimum absolute atomic E-state index is 0.0257. The van der Waals surface area contributed by atoms with Crippen LogP contribution in [0, 0.1) is 5.92 Å². The molecule has 1 aromatic rings. The normalized spacial score (nSPS) is 20.1. The van der Waals surface area contributed by atoms with E-state index in [1.54, 1.807) is 0 Å². The maximum absolute atomic E-state index is 11.9. The first-order chi connectivity index (χ1) is 12.1. The fraction of sp³-hybridized carbons (Fsp3) is 0.600. The summed E-state index contributed by atoms with van der Waals surface area (Å²) in [5.74, 6) is 0.634. The van der Waals surface area contributed by atoms with Gasteiger partial charge in [0.05, 0.1) is 6.10 Å². The Morgan fingerprint density at radius 3 is 2.60 bits per heavy atom. The van der Waals surface area contributed by atoms with Gasteiger partial charge in [-0.2, -0.15) is 0 Å². The van der Waals surface area contributed by atoms with Crippen molar-refractivity contribution in [1.29, 1.82) is 0 Å². The third-order valence-corrected chi connectivity index (χ3v) is 4.54. The first kappa shape index (κ1) is 19.4. The molecular formula is C20H30N2O3. The average molecular weight is 346 g/mol. The van der Waals surface area contributed by atoms with Crippen LogP contribution < -0.4 is 10.6 Å². The number of carbonyl (C=O) groups excluding carboxylic acids is 2. The fourth-order valence-corrected chi connectivity index (χ4v) is 3.13. The molecule has 0 radical (unpaired) electrons. The van der Waals surface area contributed by atoms with Gasteiger partial charge in [-0.15, -0.1) is 0 Å². The van der Waals surface area contributed by atoms with Crippen molar-refractivity contribution in [3.8, 4) is 0 Å². The van der Waals surface area contributed by atoms with E-state index < -0.39 is 0 Å². The summed E-state index contributed by atoms with van der Waals surface area (Å²) >= 11 is 0. The van der Waals surface area contributed by atoms with Crippen LogP contribution in [-0.2, 0) is 20.9 Å². The molecule has 25 heavy (non-hydrogen) atoms. The van der Waals surface area contributed by atoms with E-state index in [2.05, 4.69) is 17.6 Å². The largest absolute Gasteiger partial charge is 0.368 e. The van der Waals surface area contributed by atoms with Crippen LogP contribution in [0.3, 0.4) is 0 Å². The summed E-state index contributed by atoms with van der Waals surface area (Å²) in [5.41, 5.74) is 1.77. The molecular weight excluding hydrogens is 316 g/mol. The molecule has 1 aromatic carbocycles. The molecule has 0 saturated heterocycles. The van der Waals surface area contributed by atoms with Gasteiger partial charge in [0.25, 0.3) is 0 Å². The Balaban J connectivity index is 1.68. The van der Waals surface area contributed by atoms with Crippen LogP contribution in [0.25, 0.3) is 0 Å². The zero-order valence-corrected chi connectivity index (χ0v) is 15.3. The fourth-order valence-electron chi connectivity index (χ4n) is 3.13. The lowest BCUT2D eigenvalue weighted by atomic mass is 9.89. The Kier molecular flexibility index (Phi) is 7.92. The van der Waals surface area contributed by atoms with Crippen molar-refractivity contribution < 1.29 is 14.3 Å². The first-order valence-corrected chi connectivity index (χ1v) is 9.34. The molecule has 1 saturated carbocycles. The standard InChI is InChI=1S/C20H30N2O3/c1-3-5-19(23)22-17-10-8-16(9-11-17)13-21-20(24)14-25-18-7-4-6-15(2)12-18/h8-11,15,18H,3-7,12-14H2,1-2H3,(H,21,24)(H,22,23). The Hall–Kier alpha value is -1.88. The number of amides is 2. The van der Waals surface area contributed by atoms with E-state index >= 15 is 0 Å². The third-order valence-electron chi connectivity index (χ3n) is 4.54. The second-order valence-corrected chi connectivity index (χ2v) is 6.98. The number of hydrogen-bond acceptors (Lipinski definition) is 3. The molecule has 1 aliphatic rings. The lowest BCUT2D eigenvalue weighted by molar-refractivity contribution is -0.128. The number of rotatable bonds is 8. The Morgan fingerprint density at radius 2 is 1.92 bits per heavy atom. The highest BCUT2D eigenvalue weighted by atomic mass is 16.5. The van der Waals surface area contributed by atoms with Crippen LogP contribution in [0.1, 0.15) is 57.9 Å². The van der Waals surface area contributed by atoms with Crippen LogP contribution in [-0.4, -0.2) is 24.5 Å². The molecule has 2 amide bonds. The highest BCUT2D eigenvalue weighted by molar-refractivity contribution is 5.90. The van der Waals surface area contributed by atoms with Crippen LogP contribution in [0.2, 0.25) is 0 Å². The van der Waals surface area contributed by atoms with Gasteiger partial charge in [-0.1, -0.05) is 38.8 Å². The second kappa shape index (κ2) is 10.2. The number of ether oxygens (including phenoxy) is 1. The number of carbonyl (C=O) groups is 2. The van der Waals surface area contributed by atoms with Crippen LogP contribution in [0.5, 0.6) is 0 Å². The van der Waals surface area contributed by atoms with Crippen LogP contribution in [0.15, 0.2) is 24.3 Å². The minimum Gasteiger partial charge on any atom is -0.368 e. The van der Waals surface area contributed by atoms with Gasteiger partial charge in [-0.25, -0.2) is 0 Å². The van der Waals surface area contributed by atoms with E-state index in [0.29, 0.717) is 18.9 Å². The maximum Gasteiger partial charge on any atom is 0.246 e. The highest BCUT2D eigenvalue weighted by Crippen LogP contribution is 2.25. The van der Waals surface area contributed by atoms with Crippen molar-refractivity contribution in [3.05, 3.63) is 29.8 Å². The average Bonchev–Trinajstić information content (AvgIpc) is 2.59. The van der Waals surface area contributed by atoms with Gasteiger partial charge >= 0.3 is 0 Å². The van der Waals surface area contributed by atoms with Crippen molar-refractivity contribution in [2.45, 2.75) is 65.0 Å². The van der Waals surface area contributed by atoms with Crippen LogP contribution >= 0.6 is 0 Å². The summed E-state index contributed by atoms with van der Waals surface area (Å²) < 4.78 is 5.73. The zero-order chi connectivity index (χ0) is 18.1. The molecule has 0 heterocycles. The first-order valence-electron chi connectivity index (χ1n) is 9.34. The highest BCUT2D eigenvalue weighted by Gasteiger charge is 2.20. The summed E-state index contributed by atoms with van der Waals surface area (Å²) in [6.07, 6.45) is 6.15. The SMILES string of the molecule is CCCC(=O)Nc1ccc(CNC(=O)COC2CCCC(C)C2)cc1. The van der Waals surface area contributed by atoms with E-state index in [1.807, 2.05) is 31.2 Å². The Labute approximate surface area is 150 Å². The van der Waals surface area contributed by atoms with Crippen molar-refractivity contribution in [2.24, 2.45) is 5.92 Å². The predicted molar refractivity (Wildman–Crippen MR) is 99.2 cm³/mol. The maximum atomic E-state index is 11.9. The number of nitrogens with one attached hydrogen (secondary N) is 2. The summed E-state index contributed by atoms with van der Waals surface area (Å²) in [6, 6.07) is 7.53. The smallest absolute Gasteiger partial charge is 0.246 e. The lowest BCUT2D eigenvalue weighted by Crippen LogP contribution is -2.31. The molecule has 0 aromatic heterocycles. The monoisotopic (exact) mass is 346 g/mol. The third kappa shape index (κ3) is 7.26. The van der Waals surface area contributed by atoms with Gasteiger partial charge in [0.15, 0.2) is 0 Å². The molecule has 0 bridgehead atoms. The van der Waals surface area contributed by atoms with Gasteiger partial charge in [0.1, 0.15) is 6.61 Å². The van der Waals surface area contributed by atoms with Crippen molar-refractivity contribution >= 4 is 17.5 Å². The van der Waals surface area contributed by atoms with E-state index in [1.165, 1.54) is 12.8 Å². The van der Waals surface area contributed by atoms with Crippen molar-refractivity contribution in [3.63, 3.8) is 0 Å². The van der Waals surface area contributed by atoms with Gasteiger partial charge in [-0.3, -0.25) is 9.59 Å². The molecule has 0 spiro atoms. The molecule has 2 atom stereocenters. The Bertz CT molecular complexity index is 557. The van der Waals surface area contributed by atoms with Gasteiger partial charge in [0, 0.05) is 18.7 Å². The van der Waals surface area contributed by atoms with E-state index in [9.17, 15) is 9.59 Å². The molecule has 2 unspecified atom stereocenters. The van der Waals surface area contributed by atoms with Gasteiger partial charge in [0.2, 0.25) is 11.8 Å². The number of hydrogen-bond donors (Lipinski definition) is 2. The Morgan fingerprint density at radius 1 is 1.16 bits per heavy atom. The molecule has 1 fully saturated rings. The van der Waals surface area contributed by atoms with Crippen LogP contribution in [0.4, 0.5) is 5.69 Å². The van der Waals surface area contributed by atoms with Crippen molar-refractivity contribution in [2.75, 3.05) is 11.9 Å². The van der Waals surface area contributed by atoms with E-state index in [-0.39, 0.29) is 24.5 Å². The zero-order valence-electron chi connectivity index (χ0n) is 15.3. The molecule has 138 valence electrons. The van der Waals surface area contributed by atoms with Gasteiger partial charge < -0.3 is 15.4 Å². The lowest BCUT2D eigenvalue weighted by Gasteiger charge is -2.26. The molecule has 1 aliphatic carbocycles. The quantitative estimate of drug-likeness (QED) is 0.755. The van der Waals surface area contributed by atoms with E-state index in [4.69, 9.17) is 4.74 Å². The topological polar surface area (TPSA) is 67.4 Å². The molecule has 2 N–H and O–H groups in total. The number of anilines is 1. The van der Waals surface area contributed by atoms with Crippen molar-refractivity contribution in [1.82, 2.24) is 5.32 Å². The summed E-state index contributed by atoms with van der Waals surface area (Å²) in [7, 11) is 0. The second-order valence-electron chi connectivity index (χ2n) is 6.98. The molecule has 2 rings (SSSR count). The summed E-state index contributed by atoms with van der Waals surface area (Å²) in [6.45, 7) is 4.81. The predicted octanol–water partition coefficient (Wildman–Crippen LogP) is 3.64. The molecule has 5 heteroatoms. The minimum atomic E-state index is -0.0847. The summed E-state index contributed by atoms with van der Waals surface area (Å²) in [5, 5.41) is 5.73. The van der Waals surface area contributed by atoms with E-state index in [0.717, 1.165) is 30.5 Å². The van der Waals surface area contributed by atoms with Gasteiger partial charge in [-0.05, 0) is 42.9 Å². The number of benzene rings is 1. The summed E-state index contributed by atoms with van der Waals surface area (Å²) in [4.78, 5) is 23.5. The molecule has 0 aliphatic heterocycles. The molecule has 5 nitrogen and oxygen atoms in total.